The number of nitrogens with zero attached hydrogens (tertiary/aromatic N) is 3. The van der Waals surface area contributed by atoms with Crippen LogP contribution in [0.2, 0.25) is 0 Å². The van der Waals surface area contributed by atoms with Crippen LogP contribution in [0.25, 0.3) is 5.69 Å². The van der Waals surface area contributed by atoms with E-state index in [0.717, 1.165) is 11.3 Å². The van der Waals surface area contributed by atoms with Crippen LogP contribution < -0.4 is 4.74 Å². The van der Waals surface area contributed by atoms with Gasteiger partial charge in [0.25, 0.3) is 5.91 Å². The highest BCUT2D eigenvalue weighted by molar-refractivity contribution is 5.94. The molecule has 1 amide bonds. The van der Waals surface area contributed by atoms with Crippen molar-refractivity contribution in [3.8, 4) is 11.4 Å². The van der Waals surface area contributed by atoms with E-state index < -0.39 is 11.9 Å². The Morgan fingerprint density at radius 2 is 2.04 bits per heavy atom. The predicted octanol–water partition coefficient (Wildman–Crippen LogP) is 2.37. The number of carbonyl (C=O) groups excluding carboxylic acids is 1. The van der Waals surface area contributed by atoms with Crippen molar-refractivity contribution in [1.29, 1.82) is 0 Å². The Labute approximate surface area is 146 Å². The summed E-state index contributed by atoms with van der Waals surface area (Å²) in [4.78, 5) is 25.0. The molecule has 0 unspecified atom stereocenters. The monoisotopic (exact) mass is 345 g/mol. The van der Waals surface area contributed by atoms with E-state index in [1.807, 2.05) is 39.0 Å². The molecule has 0 saturated carbocycles. The van der Waals surface area contributed by atoms with Crippen LogP contribution in [0.3, 0.4) is 0 Å². The van der Waals surface area contributed by atoms with Crippen molar-refractivity contribution in [3.63, 3.8) is 0 Å². The third-order valence-electron chi connectivity index (χ3n) is 3.59. The highest BCUT2D eigenvalue weighted by Gasteiger charge is 2.22. The first kappa shape index (κ1) is 18.5. The molecule has 134 valence electrons. The van der Waals surface area contributed by atoms with E-state index in [1.54, 1.807) is 24.1 Å². The molecule has 2 rings (SSSR count). The summed E-state index contributed by atoms with van der Waals surface area (Å²) >= 11 is 0. The zero-order valence-electron chi connectivity index (χ0n) is 14.9. The number of aryl methyl sites for hydroxylation is 1. The van der Waals surface area contributed by atoms with Crippen LogP contribution in [0.1, 0.15) is 29.9 Å². The van der Waals surface area contributed by atoms with Crippen LogP contribution in [0.15, 0.2) is 30.5 Å². The van der Waals surface area contributed by atoms with Crippen LogP contribution in [0.5, 0.6) is 5.75 Å². The number of aromatic nitrogens is 2. The number of methoxy groups -OCH3 is 1. The molecule has 0 saturated heterocycles. The smallest absolute Gasteiger partial charge is 0.323 e. The second-order valence-corrected chi connectivity index (χ2v) is 6.29. The predicted molar refractivity (Wildman–Crippen MR) is 93.2 cm³/mol. The Balaban J connectivity index is 2.32. The minimum Gasteiger partial charge on any atom is -0.494 e. The summed E-state index contributed by atoms with van der Waals surface area (Å²) in [5.41, 5.74) is 1.95. The number of carboxylic acids is 1. The highest BCUT2D eigenvalue weighted by Crippen LogP contribution is 2.23. The largest absolute Gasteiger partial charge is 0.494 e. The van der Waals surface area contributed by atoms with E-state index in [1.165, 1.54) is 4.90 Å². The fourth-order valence-electron chi connectivity index (χ4n) is 2.54. The molecule has 1 aromatic carbocycles. The van der Waals surface area contributed by atoms with Crippen molar-refractivity contribution in [2.45, 2.75) is 20.8 Å². The molecule has 7 nitrogen and oxygen atoms in total. The molecule has 0 bridgehead atoms. The lowest BCUT2D eigenvalue weighted by atomic mass is 10.2. The summed E-state index contributed by atoms with van der Waals surface area (Å²) in [6.07, 6.45) is 1.67. The molecule has 0 aliphatic rings. The zero-order chi connectivity index (χ0) is 18.6. The molecule has 0 radical (unpaired) electrons. The summed E-state index contributed by atoms with van der Waals surface area (Å²) in [6.45, 7) is 5.82. The quantitative estimate of drug-likeness (QED) is 0.833. The summed E-state index contributed by atoms with van der Waals surface area (Å²) < 4.78 is 6.91. The Hall–Kier alpha value is -2.83. The molecule has 0 aliphatic carbocycles. The van der Waals surface area contributed by atoms with Crippen LogP contribution in [0, 0.1) is 12.8 Å². The number of hydrogen-bond acceptors (Lipinski definition) is 4. The fourth-order valence-corrected chi connectivity index (χ4v) is 2.54. The highest BCUT2D eigenvalue weighted by atomic mass is 16.5. The van der Waals surface area contributed by atoms with E-state index >= 15 is 0 Å². The Morgan fingerprint density at radius 3 is 2.64 bits per heavy atom. The SMILES string of the molecule is COc1ccc(C)cc1-n1ccc(C(=O)N(CC(=O)O)CC(C)C)n1. The normalized spacial score (nSPS) is 10.8. The number of aliphatic carboxylic acids is 1. The van der Waals surface area contributed by atoms with Crippen molar-refractivity contribution >= 4 is 11.9 Å². The Morgan fingerprint density at radius 1 is 1.32 bits per heavy atom. The van der Waals surface area contributed by atoms with Gasteiger partial charge in [0, 0.05) is 12.7 Å². The van der Waals surface area contributed by atoms with Gasteiger partial charge in [-0.2, -0.15) is 5.10 Å². The third kappa shape index (κ3) is 4.59. The lowest BCUT2D eigenvalue weighted by molar-refractivity contribution is -0.137. The number of rotatable bonds is 7. The van der Waals surface area contributed by atoms with Crippen LogP contribution in [0.4, 0.5) is 0 Å². The van der Waals surface area contributed by atoms with Gasteiger partial charge in [0.15, 0.2) is 5.69 Å². The van der Waals surface area contributed by atoms with Gasteiger partial charge < -0.3 is 14.7 Å². The zero-order valence-corrected chi connectivity index (χ0v) is 14.9. The Bertz CT molecular complexity index is 767. The van der Waals surface area contributed by atoms with Crippen molar-refractivity contribution in [1.82, 2.24) is 14.7 Å². The standard InChI is InChI=1S/C18H23N3O4/c1-12(2)10-20(11-17(22)23)18(24)14-7-8-21(19-14)15-9-13(3)5-6-16(15)25-4/h5-9,12H,10-11H2,1-4H3,(H,22,23). The molecule has 25 heavy (non-hydrogen) atoms. The number of ether oxygens (including phenoxy) is 1. The maximum Gasteiger partial charge on any atom is 0.323 e. The molecule has 7 heteroatoms. The topological polar surface area (TPSA) is 84.7 Å². The van der Waals surface area contributed by atoms with E-state index in [0.29, 0.717) is 12.3 Å². The van der Waals surface area contributed by atoms with Gasteiger partial charge >= 0.3 is 5.97 Å². The van der Waals surface area contributed by atoms with Gasteiger partial charge in [0.05, 0.1) is 7.11 Å². The molecular formula is C18H23N3O4. The number of hydrogen-bond donors (Lipinski definition) is 1. The van der Waals surface area contributed by atoms with Crippen LogP contribution in [-0.2, 0) is 4.79 Å². The minimum atomic E-state index is -1.05. The van der Waals surface area contributed by atoms with Gasteiger partial charge in [-0.15, -0.1) is 0 Å². The van der Waals surface area contributed by atoms with Crippen LogP contribution >= 0.6 is 0 Å². The molecule has 2 aromatic rings. The van der Waals surface area contributed by atoms with Gasteiger partial charge in [-0.1, -0.05) is 19.9 Å². The lowest BCUT2D eigenvalue weighted by Gasteiger charge is -2.21. The van der Waals surface area contributed by atoms with Crippen molar-refractivity contribution in [2.75, 3.05) is 20.2 Å². The summed E-state index contributed by atoms with van der Waals surface area (Å²) in [7, 11) is 1.57. The fraction of sp³-hybridized carbons (Fsp3) is 0.389. The molecule has 1 heterocycles. The minimum absolute atomic E-state index is 0.155. The van der Waals surface area contributed by atoms with E-state index in [4.69, 9.17) is 9.84 Å². The van der Waals surface area contributed by atoms with Crippen LogP contribution in [-0.4, -0.2) is 51.9 Å². The van der Waals surface area contributed by atoms with Gasteiger partial charge in [0.2, 0.25) is 0 Å². The van der Waals surface area contributed by atoms with Gasteiger partial charge in [-0.3, -0.25) is 9.59 Å². The van der Waals surface area contributed by atoms with E-state index in [-0.39, 0.29) is 18.2 Å². The average Bonchev–Trinajstić information content (AvgIpc) is 3.02. The summed E-state index contributed by atoms with van der Waals surface area (Å²) in [5, 5.41) is 13.4. The molecule has 1 aromatic heterocycles. The summed E-state index contributed by atoms with van der Waals surface area (Å²) in [5.74, 6) is -0.658. The first-order valence-electron chi connectivity index (χ1n) is 8.03. The number of amides is 1. The lowest BCUT2D eigenvalue weighted by Crippen LogP contribution is -2.38. The first-order valence-corrected chi connectivity index (χ1v) is 8.03. The first-order chi connectivity index (χ1) is 11.8. The van der Waals surface area contributed by atoms with Crippen molar-refractivity contribution in [3.05, 3.63) is 41.7 Å². The number of benzene rings is 1. The van der Waals surface area contributed by atoms with E-state index in [9.17, 15) is 9.59 Å². The number of carbonyl (C=O) groups is 2. The van der Waals surface area contributed by atoms with Crippen molar-refractivity contribution in [2.24, 2.45) is 5.92 Å². The summed E-state index contributed by atoms with van der Waals surface area (Å²) in [6, 6.07) is 7.25. The molecular weight excluding hydrogens is 322 g/mol. The molecule has 0 fully saturated rings. The van der Waals surface area contributed by atoms with Gasteiger partial charge in [-0.25, -0.2) is 4.68 Å². The van der Waals surface area contributed by atoms with Crippen molar-refractivity contribution < 1.29 is 19.4 Å². The van der Waals surface area contributed by atoms with Gasteiger partial charge in [-0.05, 0) is 36.6 Å². The molecule has 0 spiro atoms. The molecule has 0 atom stereocenters. The molecule has 1 N–H and O–H groups in total. The maximum absolute atomic E-state index is 12.6. The van der Waals surface area contributed by atoms with E-state index in [2.05, 4.69) is 5.10 Å². The van der Waals surface area contributed by atoms with Gasteiger partial charge in [0.1, 0.15) is 18.0 Å². The Kier molecular flexibility index (Phi) is 5.80. The second-order valence-electron chi connectivity index (χ2n) is 6.29. The third-order valence-corrected chi connectivity index (χ3v) is 3.59. The average molecular weight is 345 g/mol. The molecule has 0 aliphatic heterocycles. The second kappa shape index (κ2) is 7.83. The number of carboxylic acid groups (broad SMARTS) is 1. The maximum atomic E-state index is 12.6.